The minimum Gasteiger partial charge on any atom is -0.450 e. The van der Waals surface area contributed by atoms with E-state index >= 15 is 0 Å². The van der Waals surface area contributed by atoms with Crippen molar-refractivity contribution in [2.24, 2.45) is 0 Å². The third-order valence-corrected chi connectivity index (χ3v) is 7.23. The van der Waals surface area contributed by atoms with Crippen molar-refractivity contribution in [3.05, 3.63) is 70.2 Å². The summed E-state index contributed by atoms with van der Waals surface area (Å²) in [5, 5.41) is 1.33. The van der Waals surface area contributed by atoms with Crippen LogP contribution in [-0.4, -0.2) is 65.6 Å². The van der Waals surface area contributed by atoms with Crippen LogP contribution in [0.15, 0.2) is 48.5 Å². The highest BCUT2D eigenvalue weighted by molar-refractivity contribution is 6.31. The Labute approximate surface area is 229 Å². The predicted octanol–water partition coefficient (Wildman–Crippen LogP) is 5.99. The molecule has 2 aliphatic rings. The molecule has 39 heavy (non-hydrogen) atoms. The molecule has 1 aromatic heterocycles. The Morgan fingerprint density at radius 2 is 1.79 bits per heavy atom. The molecule has 2 fully saturated rings. The van der Waals surface area contributed by atoms with Crippen molar-refractivity contribution >= 4 is 40.3 Å². The number of carbonyl (C=O) groups excluding carboxylic acids is 2. The Morgan fingerprint density at radius 1 is 1.08 bits per heavy atom. The molecule has 2 heterocycles. The Balaban J connectivity index is 1.49. The largest absolute Gasteiger partial charge is 0.450 e. The zero-order valence-electron chi connectivity index (χ0n) is 21.4. The second-order valence-electron chi connectivity index (χ2n) is 9.69. The van der Waals surface area contributed by atoms with Crippen LogP contribution >= 0.6 is 11.6 Å². The van der Waals surface area contributed by atoms with E-state index in [0.29, 0.717) is 49.1 Å². The number of halogens is 4. The van der Waals surface area contributed by atoms with Gasteiger partial charge >= 0.3 is 12.3 Å². The van der Waals surface area contributed by atoms with Crippen LogP contribution in [-0.2, 0) is 17.5 Å². The quantitative estimate of drug-likeness (QED) is 0.370. The highest BCUT2D eigenvalue weighted by atomic mass is 35.5. The maximum atomic E-state index is 13.7. The first-order valence-electron chi connectivity index (χ1n) is 12.9. The minimum atomic E-state index is -4.64. The van der Waals surface area contributed by atoms with Gasteiger partial charge in [-0.2, -0.15) is 13.2 Å². The van der Waals surface area contributed by atoms with Crippen molar-refractivity contribution in [2.75, 3.05) is 37.7 Å². The van der Waals surface area contributed by atoms with E-state index < -0.39 is 17.6 Å². The fourth-order valence-electron chi connectivity index (χ4n) is 4.89. The average Bonchev–Trinajstić information content (AvgIpc) is 3.76. The number of anilines is 1. The second kappa shape index (κ2) is 10.9. The molecule has 0 atom stereocenters. The third-order valence-electron chi connectivity index (χ3n) is 6.99. The minimum absolute atomic E-state index is 0.106. The number of aromatic nitrogens is 1. The summed E-state index contributed by atoms with van der Waals surface area (Å²) in [5.41, 5.74) is 0.0872. The molecule has 0 N–H and O–H groups in total. The summed E-state index contributed by atoms with van der Waals surface area (Å²) >= 11 is 6.22. The highest BCUT2D eigenvalue weighted by Gasteiger charge is 2.39. The molecule has 0 radical (unpaired) electrons. The molecule has 206 valence electrons. The van der Waals surface area contributed by atoms with Gasteiger partial charge in [0.15, 0.2) is 0 Å². The monoisotopic (exact) mass is 560 g/mol. The average molecular weight is 561 g/mol. The van der Waals surface area contributed by atoms with Crippen LogP contribution in [0, 0.1) is 0 Å². The lowest BCUT2D eigenvalue weighted by molar-refractivity contribution is -0.138. The molecule has 1 saturated heterocycles. The maximum Gasteiger partial charge on any atom is 0.417 e. The van der Waals surface area contributed by atoms with Gasteiger partial charge in [0.05, 0.1) is 23.3 Å². The molecular formula is C28H28ClF3N4O3. The topological polar surface area (TPSA) is 66.0 Å². The molecule has 0 unspecified atom stereocenters. The number of hydrogen-bond acceptors (Lipinski definition) is 5. The lowest BCUT2D eigenvalue weighted by Crippen LogP contribution is -2.49. The van der Waals surface area contributed by atoms with Gasteiger partial charge in [0.2, 0.25) is 0 Å². The molecule has 1 aliphatic carbocycles. The number of alkyl halides is 3. The zero-order valence-corrected chi connectivity index (χ0v) is 22.1. The van der Waals surface area contributed by atoms with E-state index in [1.807, 2.05) is 17.0 Å². The number of hydrogen-bond donors (Lipinski definition) is 0. The van der Waals surface area contributed by atoms with Gasteiger partial charge < -0.3 is 19.4 Å². The van der Waals surface area contributed by atoms with Crippen molar-refractivity contribution in [3.63, 3.8) is 0 Å². The van der Waals surface area contributed by atoms with E-state index in [2.05, 4.69) is 0 Å². The van der Waals surface area contributed by atoms with Gasteiger partial charge in [0.25, 0.3) is 5.91 Å². The molecule has 7 nitrogen and oxygen atoms in total. The summed E-state index contributed by atoms with van der Waals surface area (Å²) < 4.78 is 46.3. The van der Waals surface area contributed by atoms with Crippen molar-refractivity contribution < 1.29 is 27.5 Å². The summed E-state index contributed by atoms with van der Waals surface area (Å²) in [4.78, 5) is 35.8. The molecule has 3 aromatic rings. The summed E-state index contributed by atoms with van der Waals surface area (Å²) in [6.45, 7) is 3.98. The van der Waals surface area contributed by atoms with Crippen molar-refractivity contribution in [1.82, 2.24) is 14.8 Å². The number of fused-ring (bicyclic) bond motifs is 1. The Kier molecular flexibility index (Phi) is 7.57. The van der Waals surface area contributed by atoms with Gasteiger partial charge in [-0.05, 0) is 50.1 Å². The summed E-state index contributed by atoms with van der Waals surface area (Å²) in [7, 11) is 0. The van der Waals surface area contributed by atoms with Crippen LogP contribution < -0.4 is 4.90 Å². The van der Waals surface area contributed by atoms with Crippen molar-refractivity contribution in [3.8, 4) is 0 Å². The molecule has 11 heteroatoms. The summed E-state index contributed by atoms with van der Waals surface area (Å²) in [6.07, 6.45) is -3.56. The van der Waals surface area contributed by atoms with Crippen LogP contribution in [0.5, 0.6) is 0 Å². The second-order valence-corrected chi connectivity index (χ2v) is 10.1. The van der Waals surface area contributed by atoms with Crippen LogP contribution in [0.2, 0.25) is 5.02 Å². The molecule has 0 spiro atoms. The first kappa shape index (κ1) is 27.1. The number of carbonyl (C=O) groups is 2. The lowest BCUT2D eigenvalue weighted by Gasteiger charge is -2.36. The Morgan fingerprint density at radius 3 is 2.46 bits per heavy atom. The molecule has 2 aromatic carbocycles. The number of piperazine rings is 1. The fraction of sp³-hybridized carbons (Fsp3) is 0.393. The van der Waals surface area contributed by atoms with E-state index in [4.69, 9.17) is 21.3 Å². The normalized spacial score (nSPS) is 15.9. The van der Waals surface area contributed by atoms with Gasteiger partial charge in [-0.25, -0.2) is 9.78 Å². The third kappa shape index (κ3) is 5.90. The van der Waals surface area contributed by atoms with Crippen LogP contribution in [0.1, 0.15) is 41.3 Å². The van der Waals surface area contributed by atoms with E-state index in [1.54, 1.807) is 24.0 Å². The van der Waals surface area contributed by atoms with Gasteiger partial charge in [0.1, 0.15) is 5.82 Å². The lowest BCUT2D eigenvalue weighted by atomic mass is 10.0. The molecule has 2 amide bonds. The summed E-state index contributed by atoms with van der Waals surface area (Å²) in [6, 6.07) is 12.0. The number of rotatable bonds is 6. The number of benzene rings is 2. The number of pyridine rings is 1. The molecule has 5 rings (SSSR count). The molecular weight excluding hydrogens is 533 g/mol. The van der Waals surface area contributed by atoms with Gasteiger partial charge in [-0.3, -0.25) is 4.79 Å². The first-order valence-corrected chi connectivity index (χ1v) is 13.3. The smallest absolute Gasteiger partial charge is 0.417 e. The summed E-state index contributed by atoms with van der Waals surface area (Å²) in [5.74, 6) is -0.0319. The SMILES string of the molecule is CCOC(=O)N1CCN(c2nc3cc(Cl)ccc3cc2CN(C(=O)c2ccccc2C(F)(F)F)C2CC2)CC1. The van der Waals surface area contributed by atoms with Crippen molar-refractivity contribution in [2.45, 2.75) is 38.5 Å². The van der Waals surface area contributed by atoms with Crippen LogP contribution in [0.3, 0.4) is 0 Å². The maximum absolute atomic E-state index is 13.7. The number of nitrogens with zero attached hydrogens (tertiary/aromatic N) is 4. The zero-order chi connectivity index (χ0) is 27.7. The van der Waals surface area contributed by atoms with Gasteiger partial charge in [-0.1, -0.05) is 29.8 Å². The number of amides is 2. The van der Waals surface area contributed by atoms with E-state index in [-0.39, 0.29) is 24.2 Å². The number of ether oxygens (including phenoxy) is 1. The van der Waals surface area contributed by atoms with Crippen molar-refractivity contribution in [1.29, 1.82) is 0 Å². The van der Waals surface area contributed by atoms with E-state index in [9.17, 15) is 22.8 Å². The van der Waals surface area contributed by atoms with Crippen LogP contribution in [0.25, 0.3) is 10.9 Å². The van der Waals surface area contributed by atoms with Gasteiger partial charge in [-0.15, -0.1) is 0 Å². The van der Waals surface area contributed by atoms with E-state index in [1.165, 1.54) is 23.1 Å². The fourth-order valence-corrected chi connectivity index (χ4v) is 5.05. The van der Waals surface area contributed by atoms with Gasteiger partial charge in [0, 0.05) is 54.7 Å². The highest BCUT2D eigenvalue weighted by Crippen LogP contribution is 2.37. The standard InChI is InChI=1S/C28H28ClF3N4O3/c1-2-39-27(38)35-13-11-34(12-14-35)25-19(15-18-7-8-20(29)16-24(18)33-25)17-36(21-9-10-21)26(37)22-5-3-4-6-23(22)28(30,31)32/h3-8,15-16,21H,2,9-14,17H2,1H3. The Hall–Kier alpha value is -3.53. The Bertz CT molecular complexity index is 1390. The molecule has 0 bridgehead atoms. The molecule has 1 aliphatic heterocycles. The first-order chi connectivity index (χ1) is 18.7. The van der Waals surface area contributed by atoms with Crippen LogP contribution in [0.4, 0.5) is 23.8 Å². The van der Waals surface area contributed by atoms with E-state index in [0.717, 1.165) is 29.9 Å². The predicted molar refractivity (Wildman–Crippen MR) is 142 cm³/mol. The molecule has 1 saturated carbocycles.